The first-order valence-electron chi connectivity index (χ1n) is 10.5. The predicted molar refractivity (Wildman–Crippen MR) is 115 cm³/mol. The van der Waals surface area contributed by atoms with Gasteiger partial charge in [-0.1, -0.05) is 6.07 Å². The fraction of sp³-hybridized carbons (Fsp3) is 0.455. The lowest BCUT2D eigenvalue weighted by molar-refractivity contribution is 0.0855. The van der Waals surface area contributed by atoms with E-state index >= 15 is 0 Å². The van der Waals surface area contributed by atoms with Crippen molar-refractivity contribution < 1.29 is 14.3 Å². The zero-order chi connectivity index (χ0) is 22.0. The molecule has 0 unspecified atom stereocenters. The van der Waals surface area contributed by atoms with Crippen molar-refractivity contribution in [1.82, 2.24) is 19.3 Å². The number of pyridine rings is 2. The maximum absolute atomic E-state index is 13.2. The molecule has 31 heavy (non-hydrogen) atoms. The molecule has 0 radical (unpaired) electrons. The highest BCUT2D eigenvalue weighted by molar-refractivity contribution is 5.96. The van der Waals surface area contributed by atoms with Crippen LogP contribution in [0.2, 0.25) is 0 Å². The van der Waals surface area contributed by atoms with Gasteiger partial charge in [-0.3, -0.25) is 19.4 Å². The van der Waals surface area contributed by atoms with Crippen LogP contribution in [0.4, 0.5) is 0 Å². The molecule has 0 aromatic carbocycles. The molecule has 0 aliphatic carbocycles. The number of hydrogen-bond donors (Lipinski definition) is 2. The second-order valence-corrected chi connectivity index (χ2v) is 7.84. The second kappa shape index (κ2) is 8.99. The number of hydrogen-bond acceptors (Lipinski definition) is 6. The Labute approximate surface area is 179 Å². The van der Waals surface area contributed by atoms with Crippen LogP contribution in [-0.2, 0) is 16.0 Å². The van der Waals surface area contributed by atoms with E-state index in [4.69, 9.17) is 14.9 Å². The molecule has 1 aliphatic rings. The Hall–Kier alpha value is -3.04. The van der Waals surface area contributed by atoms with Crippen molar-refractivity contribution >= 4 is 22.6 Å². The van der Waals surface area contributed by atoms with Crippen LogP contribution in [0.1, 0.15) is 35.2 Å². The minimum absolute atomic E-state index is 0.00775. The average Bonchev–Trinajstić information content (AvgIpc) is 3.28. The van der Waals surface area contributed by atoms with Gasteiger partial charge >= 0.3 is 0 Å². The number of methoxy groups -OCH3 is 1. The molecule has 3 aromatic heterocycles. The number of carbonyl (C=O) groups is 1. The number of rotatable bonds is 7. The molecule has 4 heterocycles. The second-order valence-electron chi connectivity index (χ2n) is 7.84. The highest BCUT2D eigenvalue weighted by Crippen LogP contribution is 2.13. The maximum Gasteiger partial charge on any atom is 0.267 e. The van der Waals surface area contributed by atoms with Gasteiger partial charge in [-0.15, -0.1) is 0 Å². The molecular formula is C22H27N5O4. The number of ether oxygens (including phenoxy) is 2. The van der Waals surface area contributed by atoms with E-state index in [9.17, 15) is 9.59 Å². The summed E-state index contributed by atoms with van der Waals surface area (Å²) >= 11 is 0. The lowest BCUT2D eigenvalue weighted by Gasteiger charge is -2.15. The van der Waals surface area contributed by atoms with E-state index in [0.29, 0.717) is 49.4 Å². The van der Waals surface area contributed by atoms with E-state index in [0.717, 1.165) is 18.4 Å². The minimum atomic E-state index is -0.392. The van der Waals surface area contributed by atoms with Crippen molar-refractivity contribution in [1.29, 1.82) is 5.41 Å². The van der Waals surface area contributed by atoms with Gasteiger partial charge in [0.25, 0.3) is 11.5 Å². The fourth-order valence-corrected chi connectivity index (χ4v) is 3.91. The quantitative estimate of drug-likeness (QED) is 0.439. The normalized spacial score (nSPS) is 16.3. The molecule has 1 amide bonds. The lowest BCUT2D eigenvalue weighted by Crippen LogP contribution is -2.38. The molecule has 0 spiro atoms. The third-order valence-corrected chi connectivity index (χ3v) is 5.54. The number of nitrogens with one attached hydrogen (secondary N) is 2. The Bertz CT molecular complexity index is 1240. The van der Waals surface area contributed by atoms with Crippen LogP contribution in [-0.4, -0.2) is 52.8 Å². The highest BCUT2D eigenvalue weighted by Gasteiger charge is 2.20. The number of carbonyl (C=O) groups excluding carboxylic acids is 1. The van der Waals surface area contributed by atoms with Gasteiger partial charge in [0, 0.05) is 39.6 Å². The van der Waals surface area contributed by atoms with E-state index in [1.165, 1.54) is 10.5 Å². The average molecular weight is 425 g/mol. The SMILES string of the molecule is COCCCn1c(=N)c(C(=O)NC[C@H]2CCCO2)cc2c(=O)n3cc(C)ccc3nc21. The van der Waals surface area contributed by atoms with Crippen molar-refractivity contribution in [3.63, 3.8) is 0 Å². The summed E-state index contributed by atoms with van der Waals surface area (Å²) in [5.74, 6) is -0.392. The first kappa shape index (κ1) is 21.2. The van der Waals surface area contributed by atoms with Gasteiger partial charge in [0.1, 0.15) is 16.8 Å². The van der Waals surface area contributed by atoms with Gasteiger partial charge in [0.2, 0.25) is 0 Å². The first-order valence-corrected chi connectivity index (χ1v) is 10.5. The number of amides is 1. The summed E-state index contributed by atoms with van der Waals surface area (Å²) < 4.78 is 13.8. The van der Waals surface area contributed by atoms with E-state index in [1.54, 1.807) is 23.9 Å². The Balaban J connectivity index is 1.83. The first-order chi connectivity index (χ1) is 15.0. The minimum Gasteiger partial charge on any atom is -0.385 e. The zero-order valence-corrected chi connectivity index (χ0v) is 17.8. The van der Waals surface area contributed by atoms with Crippen molar-refractivity contribution in [2.24, 2.45) is 0 Å². The van der Waals surface area contributed by atoms with Crippen LogP contribution >= 0.6 is 0 Å². The zero-order valence-electron chi connectivity index (χ0n) is 17.8. The molecule has 1 aliphatic heterocycles. The summed E-state index contributed by atoms with van der Waals surface area (Å²) in [6, 6.07) is 5.15. The molecule has 1 fully saturated rings. The molecule has 3 aromatic rings. The molecule has 1 atom stereocenters. The Morgan fingerprint density at radius 3 is 3.00 bits per heavy atom. The highest BCUT2D eigenvalue weighted by atomic mass is 16.5. The van der Waals surface area contributed by atoms with E-state index in [2.05, 4.69) is 10.3 Å². The predicted octanol–water partition coefficient (Wildman–Crippen LogP) is 1.38. The van der Waals surface area contributed by atoms with Crippen LogP contribution in [0.25, 0.3) is 16.7 Å². The van der Waals surface area contributed by atoms with Gasteiger partial charge in [0.05, 0.1) is 17.1 Å². The molecule has 9 nitrogen and oxygen atoms in total. The van der Waals surface area contributed by atoms with Gasteiger partial charge in [-0.05, 0) is 43.9 Å². The molecule has 9 heteroatoms. The summed E-state index contributed by atoms with van der Waals surface area (Å²) in [7, 11) is 1.61. The monoisotopic (exact) mass is 425 g/mol. The van der Waals surface area contributed by atoms with Gasteiger partial charge in [-0.25, -0.2) is 4.98 Å². The van der Waals surface area contributed by atoms with Crippen LogP contribution in [0.3, 0.4) is 0 Å². The van der Waals surface area contributed by atoms with E-state index in [-0.39, 0.29) is 22.7 Å². The van der Waals surface area contributed by atoms with Crippen molar-refractivity contribution in [3.05, 3.63) is 51.4 Å². The van der Waals surface area contributed by atoms with E-state index < -0.39 is 5.91 Å². The number of fused-ring (bicyclic) bond motifs is 2. The Morgan fingerprint density at radius 2 is 2.26 bits per heavy atom. The van der Waals surface area contributed by atoms with Crippen molar-refractivity contribution in [3.8, 4) is 0 Å². The summed E-state index contributed by atoms with van der Waals surface area (Å²) in [6.07, 6.45) is 4.23. The van der Waals surface area contributed by atoms with Crippen molar-refractivity contribution in [2.45, 2.75) is 38.8 Å². The summed E-state index contributed by atoms with van der Waals surface area (Å²) in [5.41, 5.74) is 1.73. The molecule has 2 N–H and O–H groups in total. The standard InChI is InChI=1S/C22H27N5O4/c1-14-6-7-18-25-20-17(22(29)27(18)13-14)11-16(19(23)26(20)8-4-9-30-2)21(28)24-12-15-5-3-10-31-15/h6-7,11,13,15,23H,3-5,8-10,12H2,1-2H3,(H,24,28)/t15-/m1/s1. The summed E-state index contributed by atoms with van der Waals surface area (Å²) in [5, 5.41) is 11.8. The van der Waals surface area contributed by atoms with Crippen LogP contribution in [0, 0.1) is 12.3 Å². The maximum atomic E-state index is 13.2. The van der Waals surface area contributed by atoms with Crippen LogP contribution in [0.15, 0.2) is 29.2 Å². The Kier molecular flexibility index (Phi) is 6.15. The largest absolute Gasteiger partial charge is 0.385 e. The summed E-state index contributed by atoms with van der Waals surface area (Å²) in [6.45, 7) is 3.89. The fourth-order valence-electron chi connectivity index (χ4n) is 3.91. The summed E-state index contributed by atoms with van der Waals surface area (Å²) in [4.78, 5) is 30.8. The van der Waals surface area contributed by atoms with Gasteiger partial charge in [-0.2, -0.15) is 0 Å². The lowest BCUT2D eigenvalue weighted by atomic mass is 10.1. The third kappa shape index (κ3) is 4.24. The molecule has 0 bridgehead atoms. The van der Waals surface area contributed by atoms with E-state index in [1.807, 2.05) is 13.0 Å². The molecule has 0 saturated carbocycles. The molecular weight excluding hydrogens is 398 g/mol. The number of nitrogens with zero attached hydrogens (tertiary/aromatic N) is 3. The van der Waals surface area contributed by atoms with Crippen molar-refractivity contribution in [2.75, 3.05) is 26.9 Å². The van der Waals surface area contributed by atoms with Crippen LogP contribution < -0.4 is 16.4 Å². The van der Waals surface area contributed by atoms with Crippen LogP contribution in [0.5, 0.6) is 0 Å². The van der Waals surface area contributed by atoms with Gasteiger partial charge in [0.15, 0.2) is 0 Å². The molecule has 164 valence electrons. The molecule has 1 saturated heterocycles. The van der Waals surface area contributed by atoms with Gasteiger partial charge < -0.3 is 19.4 Å². The molecule has 4 rings (SSSR count). The topological polar surface area (TPSA) is 111 Å². The smallest absolute Gasteiger partial charge is 0.267 e. The number of aryl methyl sites for hydroxylation is 2. The Morgan fingerprint density at radius 1 is 1.42 bits per heavy atom. The number of aromatic nitrogens is 3. The third-order valence-electron chi connectivity index (χ3n) is 5.54.